The first-order valence-corrected chi connectivity index (χ1v) is 6.82. The number of rotatable bonds is 3. The summed E-state index contributed by atoms with van der Waals surface area (Å²) in [5.74, 6) is 0. The van der Waals surface area contributed by atoms with Crippen molar-refractivity contribution in [1.82, 2.24) is 0 Å². The van der Waals surface area contributed by atoms with E-state index < -0.39 is 10.1 Å². The maximum absolute atomic E-state index is 9.08. The summed E-state index contributed by atoms with van der Waals surface area (Å²) >= 11 is 0. The molecular formula is C9H21NO4S. The Labute approximate surface area is 92.4 Å². The molecule has 0 N–H and O–H groups in total. The lowest BCUT2D eigenvalue weighted by Gasteiger charge is -2.28. The zero-order valence-corrected chi connectivity index (χ0v) is 10.5. The molecule has 0 saturated carbocycles. The Hall–Kier alpha value is -0.170. The van der Waals surface area contributed by atoms with Crippen LogP contribution in [-0.2, 0) is 14.9 Å². The van der Waals surface area contributed by atoms with Crippen molar-refractivity contribution in [3.63, 3.8) is 0 Å². The van der Waals surface area contributed by atoms with Gasteiger partial charge in [0.1, 0.15) is 6.54 Å². The number of hydrogen-bond donors (Lipinski definition) is 0. The van der Waals surface area contributed by atoms with E-state index in [9.17, 15) is 0 Å². The van der Waals surface area contributed by atoms with E-state index in [0.717, 1.165) is 6.61 Å². The fourth-order valence-electron chi connectivity index (χ4n) is 1.63. The van der Waals surface area contributed by atoms with Gasteiger partial charge >= 0.3 is 0 Å². The summed E-state index contributed by atoms with van der Waals surface area (Å²) in [7, 11) is 0.189. The lowest BCUT2D eigenvalue weighted by molar-refractivity contribution is -0.897. The number of methoxy groups -OCH3 is 1. The highest BCUT2D eigenvalue weighted by Gasteiger charge is 2.25. The van der Waals surface area contributed by atoms with Gasteiger partial charge in [0.15, 0.2) is 0 Å². The minimum absolute atomic E-state index is 0.604. The van der Waals surface area contributed by atoms with Crippen molar-refractivity contribution in [2.45, 2.75) is 12.8 Å². The van der Waals surface area contributed by atoms with Gasteiger partial charge in [-0.15, -0.1) is 0 Å². The lowest BCUT2D eigenvalue weighted by atomic mass is 10.4. The smallest absolute Gasteiger partial charge is 0.102 e. The minimum atomic E-state index is -3.92. The molecule has 0 amide bonds. The zero-order chi connectivity index (χ0) is 11.9. The second-order valence-electron chi connectivity index (χ2n) is 4.19. The van der Waals surface area contributed by atoms with Crippen LogP contribution in [0.4, 0.5) is 0 Å². The van der Waals surface area contributed by atoms with Gasteiger partial charge in [-0.25, -0.2) is 8.42 Å². The van der Waals surface area contributed by atoms with E-state index in [4.69, 9.17) is 17.7 Å². The van der Waals surface area contributed by atoms with Crippen LogP contribution in [0.25, 0.3) is 0 Å². The molecule has 1 heterocycles. The van der Waals surface area contributed by atoms with Gasteiger partial charge in [0.05, 0.1) is 36.9 Å². The van der Waals surface area contributed by atoms with Crippen molar-refractivity contribution >= 4 is 10.1 Å². The summed E-state index contributed by atoms with van der Waals surface area (Å²) in [5, 5.41) is 0. The van der Waals surface area contributed by atoms with E-state index in [-0.39, 0.29) is 0 Å². The average Bonchev–Trinajstić information content (AvgIpc) is 2.46. The van der Waals surface area contributed by atoms with Gasteiger partial charge in [-0.2, -0.15) is 0 Å². The molecule has 6 heteroatoms. The Bertz CT molecular complexity index is 249. The van der Waals surface area contributed by atoms with Crippen molar-refractivity contribution in [1.29, 1.82) is 0 Å². The van der Waals surface area contributed by atoms with Gasteiger partial charge in [0.25, 0.3) is 0 Å². The number of likely N-dealkylation sites (tertiary alicyclic amines) is 1. The summed E-state index contributed by atoms with van der Waals surface area (Å²) in [5.41, 5.74) is 0. The van der Waals surface area contributed by atoms with E-state index >= 15 is 0 Å². The molecule has 0 radical (unpaired) electrons. The van der Waals surface area contributed by atoms with Crippen LogP contribution in [-0.4, -0.2) is 64.1 Å². The first kappa shape index (κ1) is 14.8. The minimum Gasteiger partial charge on any atom is -0.748 e. The summed E-state index contributed by atoms with van der Waals surface area (Å²) < 4.78 is 33.5. The van der Waals surface area contributed by atoms with E-state index in [1.165, 1.54) is 37.0 Å². The van der Waals surface area contributed by atoms with Gasteiger partial charge in [-0.05, 0) is 0 Å². The van der Waals surface area contributed by atoms with Gasteiger partial charge in [0.2, 0.25) is 0 Å². The summed E-state index contributed by atoms with van der Waals surface area (Å²) in [4.78, 5) is 0. The van der Waals surface area contributed by atoms with Crippen LogP contribution in [0.3, 0.4) is 0 Å². The van der Waals surface area contributed by atoms with Crippen molar-refractivity contribution < 1.29 is 22.2 Å². The van der Waals surface area contributed by atoms with Gasteiger partial charge in [-0.3, -0.25) is 0 Å². The first-order valence-electron chi connectivity index (χ1n) is 5.00. The van der Waals surface area contributed by atoms with Crippen LogP contribution < -0.4 is 0 Å². The van der Waals surface area contributed by atoms with Crippen LogP contribution in [0, 0.1) is 0 Å². The highest BCUT2D eigenvalue weighted by Crippen LogP contribution is 2.15. The van der Waals surface area contributed by atoms with Crippen molar-refractivity contribution in [3.8, 4) is 0 Å². The van der Waals surface area contributed by atoms with Gasteiger partial charge < -0.3 is 13.8 Å². The topological polar surface area (TPSA) is 66.4 Å². The second kappa shape index (κ2) is 6.42. The van der Waals surface area contributed by atoms with Crippen LogP contribution in [0.2, 0.25) is 0 Å². The van der Waals surface area contributed by atoms with E-state index in [1.807, 2.05) is 0 Å². The average molecular weight is 239 g/mol. The second-order valence-corrected chi connectivity index (χ2v) is 5.60. The molecule has 1 fully saturated rings. The molecule has 1 rings (SSSR count). The maximum atomic E-state index is 9.08. The molecule has 0 bridgehead atoms. The summed E-state index contributed by atoms with van der Waals surface area (Å²) in [6, 6.07) is 0. The monoisotopic (exact) mass is 239 g/mol. The molecule has 0 aromatic rings. The predicted octanol–water partition coefficient (Wildman–Crippen LogP) is 0.0346. The van der Waals surface area contributed by atoms with E-state index in [0.29, 0.717) is 6.26 Å². The molecule has 0 aromatic carbocycles. The van der Waals surface area contributed by atoms with Crippen LogP contribution in [0.5, 0.6) is 0 Å². The normalized spacial score (nSPS) is 19.5. The number of nitrogens with zero attached hydrogens (tertiary/aromatic N) is 1. The molecule has 5 nitrogen and oxygen atoms in total. The zero-order valence-electron chi connectivity index (χ0n) is 9.73. The number of hydrogen-bond acceptors (Lipinski definition) is 4. The molecule has 0 spiro atoms. The third-order valence-corrected chi connectivity index (χ3v) is 2.48. The molecule has 0 unspecified atom stereocenters. The number of ether oxygens (including phenoxy) is 1. The van der Waals surface area contributed by atoms with Crippen LogP contribution >= 0.6 is 0 Å². The third-order valence-electron chi connectivity index (χ3n) is 2.48. The maximum Gasteiger partial charge on any atom is 0.102 e. The largest absolute Gasteiger partial charge is 0.748 e. The molecule has 1 saturated heterocycles. The highest BCUT2D eigenvalue weighted by atomic mass is 32.2. The van der Waals surface area contributed by atoms with Gasteiger partial charge in [-0.1, -0.05) is 0 Å². The fourth-order valence-corrected chi connectivity index (χ4v) is 1.63. The molecule has 92 valence electrons. The van der Waals surface area contributed by atoms with E-state index in [2.05, 4.69) is 7.05 Å². The molecule has 15 heavy (non-hydrogen) atoms. The Balaban J connectivity index is 0.000000336. The third kappa shape index (κ3) is 10.1. The summed E-state index contributed by atoms with van der Waals surface area (Å²) in [6.45, 7) is 4.81. The number of likely N-dealkylation sites (N-methyl/N-ethyl adjacent to an activating group) is 1. The SMILES string of the molecule is COCC[N+]1(C)CCCC1.CS(=O)(=O)[O-]. The molecular weight excluding hydrogens is 218 g/mol. The summed E-state index contributed by atoms with van der Waals surface area (Å²) in [6.07, 6.45) is 3.41. The first-order chi connectivity index (χ1) is 6.77. The number of quaternary nitrogens is 1. The Kier molecular flexibility index (Phi) is 6.35. The molecule has 0 aromatic heterocycles. The standard InChI is InChI=1S/C8H18NO.CH4O3S/c1-9(7-8-10-2)5-3-4-6-9;1-5(2,3)4/h3-8H2,1-2H3;1H3,(H,2,3,4)/q+1;/p-1. The molecule has 0 atom stereocenters. The fraction of sp³-hybridized carbons (Fsp3) is 1.00. The van der Waals surface area contributed by atoms with Crippen LogP contribution in [0.1, 0.15) is 12.8 Å². The molecule has 1 aliphatic rings. The lowest BCUT2D eigenvalue weighted by Crippen LogP contribution is -2.43. The van der Waals surface area contributed by atoms with Crippen molar-refractivity contribution in [2.24, 2.45) is 0 Å². The Morgan fingerprint density at radius 2 is 1.73 bits per heavy atom. The van der Waals surface area contributed by atoms with E-state index in [1.54, 1.807) is 7.11 Å². The van der Waals surface area contributed by atoms with Crippen molar-refractivity contribution in [3.05, 3.63) is 0 Å². The Morgan fingerprint density at radius 1 is 1.33 bits per heavy atom. The molecule has 1 aliphatic heterocycles. The van der Waals surface area contributed by atoms with Gasteiger partial charge in [0, 0.05) is 26.2 Å². The van der Waals surface area contributed by atoms with Crippen molar-refractivity contribution in [2.75, 3.05) is 46.7 Å². The quantitative estimate of drug-likeness (QED) is 0.515. The van der Waals surface area contributed by atoms with Crippen LogP contribution in [0.15, 0.2) is 0 Å². The molecule has 0 aliphatic carbocycles. The Morgan fingerprint density at radius 3 is 2.07 bits per heavy atom. The predicted molar refractivity (Wildman–Crippen MR) is 57.5 cm³/mol. The highest BCUT2D eigenvalue weighted by molar-refractivity contribution is 7.84.